The van der Waals surface area contributed by atoms with Crippen molar-refractivity contribution in [3.63, 3.8) is 0 Å². The third kappa shape index (κ3) is 8.25. The van der Waals surface area contributed by atoms with Gasteiger partial charge in [-0.2, -0.15) is 0 Å². The van der Waals surface area contributed by atoms with E-state index in [-0.39, 0.29) is 23.2 Å². The molecular weight excluding hydrogens is 455 g/mol. The minimum atomic E-state index is -1.85. The van der Waals surface area contributed by atoms with E-state index in [0.29, 0.717) is 6.42 Å². The molecule has 0 N–H and O–H groups in total. The van der Waals surface area contributed by atoms with Crippen LogP contribution in [0.3, 0.4) is 0 Å². The van der Waals surface area contributed by atoms with Gasteiger partial charge in [0.15, 0.2) is 8.32 Å². The zero-order valence-corrected chi connectivity index (χ0v) is 20.6. The largest absolute Gasteiger partial charge is 0.455 e. The first-order chi connectivity index (χ1) is 12.1. The molecule has 0 unspecified atom stereocenters. The lowest BCUT2D eigenvalue weighted by Crippen LogP contribution is -2.44. The van der Waals surface area contributed by atoms with Gasteiger partial charge in [-0.25, -0.2) is 4.79 Å². The van der Waals surface area contributed by atoms with Crippen LogP contribution < -0.4 is 0 Å². The fraction of sp³-hybridized carbons (Fsp3) is 0.762. The lowest BCUT2D eigenvalue weighted by Gasteiger charge is -2.39. The lowest BCUT2D eigenvalue weighted by atomic mass is 10.0. The third-order valence-corrected chi connectivity index (χ3v) is 10.5. The highest BCUT2D eigenvalue weighted by atomic mass is 127. The average molecular weight is 493 g/mol. The summed E-state index contributed by atoms with van der Waals surface area (Å²) in [4.78, 5) is 12.0. The van der Waals surface area contributed by atoms with Crippen LogP contribution in [0.5, 0.6) is 0 Å². The van der Waals surface area contributed by atoms with E-state index < -0.39 is 8.32 Å². The molecule has 5 heteroatoms. The summed E-state index contributed by atoms with van der Waals surface area (Å²) in [5.41, 5.74) is 0.799. The Bertz CT molecular complexity index is 506. The quantitative estimate of drug-likeness (QED) is 0.136. The number of hydrogen-bond acceptors (Lipinski definition) is 3. The molecule has 150 valence electrons. The van der Waals surface area contributed by atoms with E-state index in [0.717, 1.165) is 18.4 Å². The van der Waals surface area contributed by atoms with Crippen molar-refractivity contribution in [3.8, 4) is 0 Å². The van der Waals surface area contributed by atoms with Crippen molar-refractivity contribution in [2.45, 2.75) is 103 Å². The number of ether oxygens (including phenoxy) is 1. The summed E-state index contributed by atoms with van der Waals surface area (Å²) in [6.45, 7) is 13.3. The molecule has 1 rings (SSSR count). The molecule has 0 bridgehead atoms. The van der Waals surface area contributed by atoms with Crippen molar-refractivity contribution in [1.29, 1.82) is 0 Å². The Labute approximate surface area is 175 Å². The van der Waals surface area contributed by atoms with Crippen molar-refractivity contribution in [2.24, 2.45) is 0 Å². The Kier molecular flexibility index (Phi) is 10.1. The van der Waals surface area contributed by atoms with Crippen LogP contribution in [0.15, 0.2) is 21.8 Å². The minimum Gasteiger partial charge on any atom is -0.455 e. The van der Waals surface area contributed by atoms with Gasteiger partial charge < -0.3 is 9.16 Å². The molecule has 0 aromatic heterocycles. The van der Waals surface area contributed by atoms with Crippen LogP contribution >= 0.6 is 22.6 Å². The van der Waals surface area contributed by atoms with E-state index in [2.05, 4.69) is 66.6 Å². The number of allylic oxidation sites excluding steroid dienone is 1. The SMILES string of the molecule is C[C@H]1C=C(C[C@@H](CCCCCC/C=C/I)O[Si](C)(C)C(C)(C)C)C(=O)O1. The van der Waals surface area contributed by atoms with Gasteiger partial charge >= 0.3 is 5.97 Å². The Morgan fingerprint density at radius 1 is 1.27 bits per heavy atom. The molecule has 1 aliphatic rings. The van der Waals surface area contributed by atoms with Crippen molar-refractivity contribution >= 4 is 36.9 Å². The molecule has 1 aliphatic heterocycles. The molecule has 0 aromatic carbocycles. The Balaban J connectivity index is 2.61. The zero-order valence-electron chi connectivity index (χ0n) is 17.4. The second kappa shape index (κ2) is 11.0. The number of halogens is 1. The van der Waals surface area contributed by atoms with E-state index >= 15 is 0 Å². The van der Waals surface area contributed by atoms with Gasteiger partial charge in [0.05, 0.1) is 0 Å². The van der Waals surface area contributed by atoms with Crippen LogP contribution in [0.1, 0.15) is 72.6 Å². The van der Waals surface area contributed by atoms with Gasteiger partial charge in [0.1, 0.15) is 6.10 Å². The minimum absolute atomic E-state index is 0.100. The summed E-state index contributed by atoms with van der Waals surface area (Å²) >= 11 is 2.27. The van der Waals surface area contributed by atoms with Gasteiger partial charge in [0, 0.05) is 18.1 Å². The first-order valence-corrected chi connectivity index (χ1v) is 14.1. The molecule has 3 nitrogen and oxygen atoms in total. The highest BCUT2D eigenvalue weighted by molar-refractivity contribution is 14.1. The second-order valence-electron chi connectivity index (χ2n) is 8.86. The molecule has 0 saturated carbocycles. The van der Waals surface area contributed by atoms with E-state index in [1.807, 2.05) is 13.0 Å². The van der Waals surface area contributed by atoms with Crippen LogP contribution in [-0.4, -0.2) is 26.5 Å². The Hall–Kier alpha value is -0.143. The fourth-order valence-electron chi connectivity index (χ4n) is 2.87. The first-order valence-electron chi connectivity index (χ1n) is 9.91. The number of cyclic esters (lactones) is 1. The van der Waals surface area contributed by atoms with E-state index in [1.165, 1.54) is 25.7 Å². The van der Waals surface area contributed by atoms with Crippen molar-refractivity contribution in [3.05, 3.63) is 21.8 Å². The molecule has 0 aliphatic carbocycles. The molecule has 0 amide bonds. The summed E-state index contributed by atoms with van der Waals surface area (Å²) in [6.07, 6.45) is 12.0. The van der Waals surface area contributed by atoms with Gasteiger partial charge in [0.25, 0.3) is 0 Å². The topological polar surface area (TPSA) is 35.5 Å². The summed E-state index contributed by atoms with van der Waals surface area (Å²) in [6, 6.07) is 0. The second-order valence-corrected chi connectivity index (χ2v) is 14.3. The monoisotopic (exact) mass is 492 g/mol. The van der Waals surface area contributed by atoms with E-state index in [4.69, 9.17) is 9.16 Å². The van der Waals surface area contributed by atoms with E-state index in [9.17, 15) is 4.79 Å². The zero-order chi connectivity index (χ0) is 19.8. The van der Waals surface area contributed by atoms with Gasteiger partial charge in [0.2, 0.25) is 0 Å². The van der Waals surface area contributed by atoms with Crippen LogP contribution in [0, 0.1) is 0 Å². The molecule has 26 heavy (non-hydrogen) atoms. The summed E-state index contributed by atoms with van der Waals surface area (Å²) in [5.74, 6) is -0.160. The Morgan fingerprint density at radius 2 is 1.92 bits per heavy atom. The van der Waals surface area contributed by atoms with Crippen LogP contribution in [-0.2, 0) is 14.0 Å². The molecule has 0 spiro atoms. The van der Waals surface area contributed by atoms with Crippen molar-refractivity contribution < 1.29 is 14.0 Å². The third-order valence-electron chi connectivity index (χ3n) is 5.44. The average Bonchev–Trinajstić information content (AvgIpc) is 2.82. The maximum atomic E-state index is 12.0. The Morgan fingerprint density at radius 3 is 2.46 bits per heavy atom. The smallest absolute Gasteiger partial charge is 0.334 e. The number of hydrogen-bond donors (Lipinski definition) is 0. The maximum absolute atomic E-state index is 12.0. The van der Waals surface area contributed by atoms with Gasteiger partial charge in [-0.3, -0.25) is 0 Å². The predicted molar refractivity (Wildman–Crippen MR) is 121 cm³/mol. The first kappa shape index (κ1) is 23.9. The lowest BCUT2D eigenvalue weighted by molar-refractivity contribution is -0.139. The molecule has 1 heterocycles. The van der Waals surface area contributed by atoms with Crippen molar-refractivity contribution in [2.75, 3.05) is 0 Å². The van der Waals surface area contributed by atoms with E-state index in [1.54, 1.807) is 0 Å². The molecule has 0 fully saturated rings. The predicted octanol–water partition coefficient (Wildman–Crippen LogP) is 6.93. The maximum Gasteiger partial charge on any atom is 0.334 e. The number of carbonyl (C=O) groups excluding carboxylic acids is 1. The highest BCUT2D eigenvalue weighted by Crippen LogP contribution is 2.38. The summed E-state index contributed by atoms with van der Waals surface area (Å²) < 4.78 is 14.0. The standard InChI is InChI=1S/C21H37IO3Si/c1-17-15-18(20(23)24-17)16-19(25-26(5,6)21(2,3)4)13-11-9-7-8-10-12-14-22/h12,14-15,17,19H,7-11,13,16H2,1-6H3/b14-12+/t17-,19+/m0/s1. The van der Waals surface area contributed by atoms with Gasteiger partial charge in [-0.1, -0.05) is 68.7 Å². The summed E-state index contributed by atoms with van der Waals surface area (Å²) in [7, 11) is -1.85. The van der Waals surface area contributed by atoms with Gasteiger partial charge in [-0.05, 0) is 54.5 Å². The molecule has 0 aromatic rings. The normalized spacial score (nSPS) is 19.7. The molecule has 2 atom stereocenters. The molecule has 0 radical (unpaired) electrons. The highest BCUT2D eigenvalue weighted by Gasteiger charge is 2.39. The molecule has 0 saturated heterocycles. The summed E-state index contributed by atoms with van der Waals surface area (Å²) in [5, 5.41) is 0.175. The van der Waals surface area contributed by atoms with Crippen LogP contribution in [0.25, 0.3) is 0 Å². The van der Waals surface area contributed by atoms with Gasteiger partial charge in [-0.15, -0.1) is 0 Å². The molecular formula is C21H37IO3Si. The number of rotatable bonds is 11. The van der Waals surface area contributed by atoms with Crippen LogP contribution in [0.2, 0.25) is 18.1 Å². The fourth-order valence-corrected chi connectivity index (χ4v) is 4.62. The number of unbranched alkanes of at least 4 members (excludes halogenated alkanes) is 4. The van der Waals surface area contributed by atoms with Crippen molar-refractivity contribution in [1.82, 2.24) is 0 Å². The number of esters is 1. The van der Waals surface area contributed by atoms with Crippen LogP contribution in [0.4, 0.5) is 0 Å². The number of carbonyl (C=O) groups is 1.